The average molecular weight is 457 g/mol. The summed E-state index contributed by atoms with van der Waals surface area (Å²) in [6.07, 6.45) is 0.790. The molecule has 0 spiro atoms. The molecule has 3 aromatic rings. The fourth-order valence-corrected chi connectivity index (χ4v) is 4.01. The standard InChI is InChI=1S/C25H24N6O3/c1-5-34-25(32)24(27-2)23-14-21-19(12-16-7-6-8-17(11-16)15-26)28-29-31(21)22-13-18(33-4)9-10-20(22)30(23)3/h6-11,13H,2,5,12,14H2,1,3-4H3/b24-23-. The summed E-state index contributed by atoms with van der Waals surface area (Å²) >= 11 is 0. The Morgan fingerprint density at radius 2 is 2.09 bits per heavy atom. The van der Waals surface area contributed by atoms with E-state index < -0.39 is 5.97 Å². The second-order valence-electron chi connectivity index (χ2n) is 7.65. The van der Waals surface area contributed by atoms with Gasteiger partial charge >= 0.3 is 5.97 Å². The molecule has 1 aliphatic rings. The Morgan fingerprint density at radius 3 is 2.79 bits per heavy atom. The molecule has 0 atom stereocenters. The van der Waals surface area contributed by atoms with Crippen molar-refractivity contribution in [1.82, 2.24) is 15.0 Å². The number of likely N-dealkylation sites (N-methyl/N-ethyl adjacent to an activating group) is 1. The van der Waals surface area contributed by atoms with Gasteiger partial charge in [0.15, 0.2) is 5.70 Å². The molecule has 172 valence electrons. The minimum Gasteiger partial charge on any atom is -0.497 e. The molecule has 0 unspecified atom stereocenters. The first-order chi connectivity index (χ1) is 16.5. The van der Waals surface area contributed by atoms with Gasteiger partial charge in [-0.15, -0.1) is 5.10 Å². The fraction of sp³-hybridized carbons (Fsp3) is 0.240. The molecule has 0 aliphatic carbocycles. The number of allylic oxidation sites excluding steroid dienone is 1. The van der Waals surface area contributed by atoms with Crippen LogP contribution in [0.25, 0.3) is 5.69 Å². The van der Waals surface area contributed by atoms with Gasteiger partial charge in [-0.05, 0) is 43.5 Å². The number of nitriles is 1. The lowest BCUT2D eigenvalue weighted by atomic mass is 10.0. The number of esters is 1. The van der Waals surface area contributed by atoms with Gasteiger partial charge in [-0.2, -0.15) is 5.26 Å². The quantitative estimate of drug-likeness (QED) is 0.319. The summed E-state index contributed by atoms with van der Waals surface area (Å²) in [7, 11) is 3.46. The van der Waals surface area contributed by atoms with Crippen LogP contribution in [0.2, 0.25) is 0 Å². The van der Waals surface area contributed by atoms with Crippen molar-refractivity contribution in [3.63, 3.8) is 0 Å². The van der Waals surface area contributed by atoms with E-state index >= 15 is 0 Å². The van der Waals surface area contributed by atoms with Crippen LogP contribution in [0.3, 0.4) is 0 Å². The number of aliphatic imine (C=N–C) groups is 1. The number of benzene rings is 2. The molecule has 2 aromatic carbocycles. The molecule has 0 saturated carbocycles. The number of hydrogen-bond donors (Lipinski definition) is 0. The monoisotopic (exact) mass is 456 g/mol. The van der Waals surface area contributed by atoms with Gasteiger partial charge in [0.25, 0.3) is 0 Å². The first-order valence-electron chi connectivity index (χ1n) is 10.7. The van der Waals surface area contributed by atoms with Crippen molar-refractivity contribution in [2.75, 3.05) is 25.7 Å². The third-order valence-corrected chi connectivity index (χ3v) is 5.68. The second-order valence-corrected chi connectivity index (χ2v) is 7.65. The number of carbonyl (C=O) groups is 1. The number of fused-ring (bicyclic) bond motifs is 3. The zero-order valence-corrected chi connectivity index (χ0v) is 19.3. The van der Waals surface area contributed by atoms with Crippen molar-refractivity contribution in [2.24, 2.45) is 4.99 Å². The van der Waals surface area contributed by atoms with Crippen molar-refractivity contribution in [3.05, 3.63) is 76.4 Å². The molecule has 0 amide bonds. The number of aromatic nitrogens is 3. The molecule has 0 fully saturated rings. The Kier molecular flexibility index (Phi) is 6.41. The zero-order chi connectivity index (χ0) is 24.2. The van der Waals surface area contributed by atoms with E-state index in [0.29, 0.717) is 29.9 Å². The van der Waals surface area contributed by atoms with Crippen LogP contribution in [-0.4, -0.2) is 48.4 Å². The van der Waals surface area contributed by atoms with Gasteiger partial charge in [0.1, 0.15) is 5.75 Å². The average Bonchev–Trinajstić information content (AvgIpc) is 3.19. The van der Waals surface area contributed by atoms with Gasteiger partial charge in [0.2, 0.25) is 0 Å². The summed E-state index contributed by atoms with van der Waals surface area (Å²) in [6.45, 7) is 5.59. The third kappa shape index (κ3) is 4.13. The number of rotatable bonds is 6. The van der Waals surface area contributed by atoms with E-state index in [1.54, 1.807) is 24.8 Å². The van der Waals surface area contributed by atoms with Gasteiger partial charge in [0.05, 0.1) is 53.8 Å². The van der Waals surface area contributed by atoms with Crippen molar-refractivity contribution < 1.29 is 14.3 Å². The van der Waals surface area contributed by atoms with E-state index in [9.17, 15) is 10.1 Å². The molecule has 0 radical (unpaired) electrons. The van der Waals surface area contributed by atoms with Crippen molar-refractivity contribution >= 4 is 18.4 Å². The maximum atomic E-state index is 12.7. The van der Waals surface area contributed by atoms with E-state index in [-0.39, 0.29) is 12.3 Å². The van der Waals surface area contributed by atoms with Crippen LogP contribution in [0.5, 0.6) is 5.75 Å². The molecular formula is C25H24N6O3. The zero-order valence-electron chi connectivity index (χ0n) is 19.3. The minimum atomic E-state index is -0.543. The molecule has 0 N–H and O–H groups in total. The first-order valence-corrected chi connectivity index (χ1v) is 10.7. The SMILES string of the molecule is C=N/C(C(=O)OCC)=C1/Cc2c(Cc3cccc(C#N)c3)nnn2-c2cc(OC)ccc2N1C. The largest absolute Gasteiger partial charge is 0.497 e. The Morgan fingerprint density at radius 1 is 1.26 bits per heavy atom. The number of ether oxygens (including phenoxy) is 2. The van der Waals surface area contributed by atoms with Crippen molar-refractivity contribution in [1.29, 1.82) is 5.26 Å². The summed E-state index contributed by atoms with van der Waals surface area (Å²) in [4.78, 5) is 18.6. The van der Waals surface area contributed by atoms with Crippen LogP contribution < -0.4 is 9.64 Å². The summed E-state index contributed by atoms with van der Waals surface area (Å²) in [6, 6.07) is 15.2. The Labute approximate surface area is 197 Å². The second kappa shape index (κ2) is 9.58. The lowest BCUT2D eigenvalue weighted by Gasteiger charge is -2.23. The summed E-state index contributed by atoms with van der Waals surface area (Å²) in [5.74, 6) is 0.121. The van der Waals surface area contributed by atoms with E-state index in [1.165, 1.54) is 0 Å². The molecule has 2 heterocycles. The predicted molar refractivity (Wildman–Crippen MR) is 127 cm³/mol. The van der Waals surface area contributed by atoms with Gasteiger partial charge in [0, 0.05) is 26.0 Å². The van der Waals surface area contributed by atoms with Gasteiger partial charge in [-0.25, -0.2) is 9.48 Å². The molecule has 34 heavy (non-hydrogen) atoms. The molecule has 1 aliphatic heterocycles. The lowest BCUT2D eigenvalue weighted by Crippen LogP contribution is -2.23. The summed E-state index contributed by atoms with van der Waals surface area (Å²) < 4.78 is 12.4. The number of anilines is 1. The molecule has 4 rings (SSSR count). The highest BCUT2D eigenvalue weighted by molar-refractivity contribution is 5.91. The highest BCUT2D eigenvalue weighted by atomic mass is 16.5. The normalized spacial score (nSPS) is 13.8. The fourth-order valence-electron chi connectivity index (χ4n) is 4.01. The van der Waals surface area contributed by atoms with Crippen LogP contribution in [-0.2, 0) is 22.4 Å². The van der Waals surface area contributed by atoms with Crippen LogP contribution in [0.15, 0.2) is 58.9 Å². The molecular weight excluding hydrogens is 432 g/mol. The number of methoxy groups -OCH3 is 1. The first kappa shape index (κ1) is 22.7. The van der Waals surface area contributed by atoms with E-state index in [1.807, 2.05) is 48.3 Å². The van der Waals surface area contributed by atoms with Crippen molar-refractivity contribution in [2.45, 2.75) is 19.8 Å². The van der Waals surface area contributed by atoms with Crippen LogP contribution >= 0.6 is 0 Å². The van der Waals surface area contributed by atoms with Gasteiger partial charge in [-0.3, -0.25) is 4.99 Å². The highest BCUT2D eigenvalue weighted by Crippen LogP contribution is 2.36. The van der Waals surface area contributed by atoms with Crippen molar-refractivity contribution in [3.8, 4) is 17.5 Å². The van der Waals surface area contributed by atoms with Crippen LogP contribution in [0, 0.1) is 11.3 Å². The smallest absolute Gasteiger partial charge is 0.358 e. The maximum Gasteiger partial charge on any atom is 0.358 e. The molecule has 1 aromatic heterocycles. The van der Waals surface area contributed by atoms with Gasteiger partial charge < -0.3 is 14.4 Å². The van der Waals surface area contributed by atoms with E-state index in [4.69, 9.17) is 9.47 Å². The van der Waals surface area contributed by atoms with E-state index in [2.05, 4.69) is 28.1 Å². The summed E-state index contributed by atoms with van der Waals surface area (Å²) in [5.41, 5.74) is 5.33. The molecule has 9 heteroatoms. The number of nitrogens with zero attached hydrogens (tertiary/aromatic N) is 6. The Balaban J connectivity index is 1.91. The number of carbonyl (C=O) groups excluding carboxylic acids is 1. The van der Waals surface area contributed by atoms with Gasteiger partial charge in [-0.1, -0.05) is 17.3 Å². The Hall–Kier alpha value is -4.45. The van der Waals surface area contributed by atoms with E-state index in [0.717, 1.165) is 28.3 Å². The lowest BCUT2D eigenvalue weighted by molar-refractivity contribution is -0.138. The minimum absolute atomic E-state index is 0.137. The highest BCUT2D eigenvalue weighted by Gasteiger charge is 2.30. The van der Waals surface area contributed by atoms with Crippen LogP contribution in [0.1, 0.15) is 29.4 Å². The maximum absolute atomic E-state index is 12.7. The molecule has 9 nitrogen and oxygen atoms in total. The predicted octanol–water partition coefficient (Wildman–Crippen LogP) is 3.21. The topological polar surface area (TPSA) is 106 Å². The number of hydrogen-bond acceptors (Lipinski definition) is 8. The third-order valence-electron chi connectivity index (χ3n) is 5.68. The van der Waals surface area contributed by atoms with Crippen LogP contribution in [0.4, 0.5) is 5.69 Å². The summed E-state index contributed by atoms with van der Waals surface area (Å²) in [5, 5.41) is 18.2. The molecule has 0 bridgehead atoms. The molecule has 0 saturated heterocycles. The Bertz CT molecular complexity index is 1330.